The molecule has 0 saturated carbocycles. The zero-order chi connectivity index (χ0) is 15.4. The van der Waals surface area contributed by atoms with E-state index in [1.54, 1.807) is 13.1 Å². The minimum absolute atomic E-state index is 0.206. The highest BCUT2D eigenvalue weighted by molar-refractivity contribution is 5.22. The smallest absolute Gasteiger partial charge is 0.163 e. The van der Waals surface area contributed by atoms with Crippen LogP contribution in [-0.4, -0.2) is 42.8 Å². The van der Waals surface area contributed by atoms with Gasteiger partial charge in [0.1, 0.15) is 0 Å². The number of benzene rings is 1. The number of nitrogens with zero attached hydrogens (tertiary/aromatic N) is 1. The third kappa shape index (κ3) is 3.99. The summed E-state index contributed by atoms with van der Waals surface area (Å²) in [6.45, 7) is 4.55. The molecule has 1 aliphatic rings. The highest BCUT2D eigenvalue weighted by atomic mass is 19.2. The first kappa shape index (κ1) is 16.3. The number of hydrogen-bond donors (Lipinski definition) is 2. The van der Waals surface area contributed by atoms with Crippen LogP contribution in [0.3, 0.4) is 0 Å². The second kappa shape index (κ2) is 7.29. The number of rotatable bonds is 5. The molecule has 2 N–H and O–H groups in total. The summed E-state index contributed by atoms with van der Waals surface area (Å²) >= 11 is 0. The van der Waals surface area contributed by atoms with Gasteiger partial charge in [0.05, 0.1) is 6.10 Å². The lowest BCUT2D eigenvalue weighted by molar-refractivity contribution is 0.0337. The molecule has 3 atom stereocenters. The van der Waals surface area contributed by atoms with Gasteiger partial charge in [-0.3, -0.25) is 0 Å². The van der Waals surface area contributed by atoms with Crippen LogP contribution in [0.4, 0.5) is 8.78 Å². The minimum atomic E-state index is -0.803. The molecule has 2 rings (SSSR count). The third-order valence-corrected chi connectivity index (χ3v) is 4.38. The monoisotopic (exact) mass is 298 g/mol. The Morgan fingerprint density at radius 3 is 2.86 bits per heavy atom. The van der Waals surface area contributed by atoms with Gasteiger partial charge in [-0.05, 0) is 38.4 Å². The molecule has 0 spiro atoms. The maximum absolute atomic E-state index is 13.9. The predicted molar refractivity (Wildman–Crippen MR) is 79.0 cm³/mol. The van der Waals surface area contributed by atoms with Crippen molar-refractivity contribution in [2.75, 3.05) is 26.7 Å². The van der Waals surface area contributed by atoms with Gasteiger partial charge in [-0.15, -0.1) is 0 Å². The van der Waals surface area contributed by atoms with Gasteiger partial charge in [0.2, 0.25) is 0 Å². The number of nitrogens with one attached hydrogen (secondary N) is 1. The van der Waals surface area contributed by atoms with Crippen molar-refractivity contribution in [2.24, 2.45) is 5.92 Å². The van der Waals surface area contributed by atoms with Gasteiger partial charge < -0.3 is 15.3 Å². The van der Waals surface area contributed by atoms with Crippen LogP contribution >= 0.6 is 0 Å². The zero-order valence-corrected chi connectivity index (χ0v) is 12.6. The lowest BCUT2D eigenvalue weighted by atomic mass is 9.96. The number of hydrogen-bond acceptors (Lipinski definition) is 3. The first-order valence-electron chi connectivity index (χ1n) is 7.54. The molecule has 1 heterocycles. The van der Waals surface area contributed by atoms with Gasteiger partial charge in [0, 0.05) is 24.7 Å². The molecular formula is C16H24F2N2O. The Hall–Kier alpha value is -1.04. The largest absolute Gasteiger partial charge is 0.393 e. The summed E-state index contributed by atoms with van der Waals surface area (Å²) < 4.78 is 27.2. The van der Waals surface area contributed by atoms with E-state index in [0.29, 0.717) is 12.0 Å². The summed E-state index contributed by atoms with van der Waals surface area (Å²) in [4.78, 5) is 2.28. The van der Waals surface area contributed by atoms with Crippen LogP contribution in [0.5, 0.6) is 0 Å². The van der Waals surface area contributed by atoms with Gasteiger partial charge in [-0.25, -0.2) is 8.78 Å². The average Bonchev–Trinajstić information content (AvgIpc) is 2.47. The zero-order valence-electron chi connectivity index (χ0n) is 12.6. The Bertz CT molecular complexity index is 470. The van der Waals surface area contributed by atoms with E-state index in [9.17, 15) is 13.9 Å². The number of halogens is 2. The van der Waals surface area contributed by atoms with Gasteiger partial charge in [0.15, 0.2) is 11.6 Å². The standard InChI is InChI=1S/C16H24F2N2O/c1-11-10-20(9-7-15(11)21)8-6-14(19-2)12-4-3-5-13(17)16(12)18/h3-5,11,14-15,19,21H,6-10H2,1-2H3. The minimum Gasteiger partial charge on any atom is -0.393 e. The summed E-state index contributed by atoms with van der Waals surface area (Å²) in [5.74, 6) is -1.31. The molecule has 3 unspecified atom stereocenters. The Morgan fingerprint density at radius 2 is 2.19 bits per heavy atom. The molecule has 21 heavy (non-hydrogen) atoms. The fraction of sp³-hybridized carbons (Fsp3) is 0.625. The third-order valence-electron chi connectivity index (χ3n) is 4.38. The summed E-state index contributed by atoms with van der Waals surface area (Å²) in [7, 11) is 1.76. The normalized spacial score (nSPS) is 25.0. The number of aliphatic hydroxyl groups is 1. The molecule has 0 amide bonds. The lowest BCUT2D eigenvalue weighted by Crippen LogP contribution is -2.42. The highest BCUT2D eigenvalue weighted by Gasteiger charge is 2.25. The summed E-state index contributed by atoms with van der Waals surface area (Å²) in [5.41, 5.74) is 0.377. The van der Waals surface area contributed by atoms with Crippen LogP contribution in [0.1, 0.15) is 31.4 Å². The first-order valence-corrected chi connectivity index (χ1v) is 7.54. The Balaban J connectivity index is 1.95. The SMILES string of the molecule is CNC(CCN1CCC(O)C(C)C1)c1cccc(F)c1F. The highest BCUT2D eigenvalue weighted by Crippen LogP contribution is 2.23. The van der Waals surface area contributed by atoms with Gasteiger partial charge >= 0.3 is 0 Å². The van der Waals surface area contributed by atoms with Crippen molar-refractivity contribution in [3.8, 4) is 0 Å². The fourth-order valence-electron chi connectivity index (χ4n) is 2.98. The van der Waals surface area contributed by atoms with E-state index in [1.807, 2.05) is 6.92 Å². The first-order chi connectivity index (χ1) is 10.0. The molecule has 118 valence electrons. The molecule has 5 heteroatoms. The van der Waals surface area contributed by atoms with Crippen molar-refractivity contribution in [1.29, 1.82) is 0 Å². The Kier molecular flexibility index (Phi) is 5.67. The van der Waals surface area contributed by atoms with Crippen LogP contribution < -0.4 is 5.32 Å². The lowest BCUT2D eigenvalue weighted by Gasteiger charge is -2.35. The quantitative estimate of drug-likeness (QED) is 0.876. The van der Waals surface area contributed by atoms with Crippen LogP contribution in [0.15, 0.2) is 18.2 Å². The molecule has 1 aliphatic heterocycles. The topological polar surface area (TPSA) is 35.5 Å². The molecule has 0 aromatic heterocycles. The van der Waals surface area contributed by atoms with E-state index < -0.39 is 11.6 Å². The van der Waals surface area contributed by atoms with Crippen molar-refractivity contribution in [1.82, 2.24) is 10.2 Å². The van der Waals surface area contributed by atoms with Gasteiger partial charge in [-0.2, -0.15) is 0 Å². The second-order valence-corrected chi connectivity index (χ2v) is 5.91. The molecule has 3 nitrogen and oxygen atoms in total. The van der Waals surface area contributed by atoms with Crippen LogP contribution in [-0.2, 0) is 0 Å². The molecule has 1 aromatic carbocycles. The molecule has 0 aliphatic carbocycles. The summed E-state index contributed by atoms with van der Waals surface area (Å²) in [6.07, 6.45) is 1.27. The molecule has 0 bridgehead atoms. The van der Waals surface area contributed by atoms with Crippen molar-refractivity contribution < 1.29 is 13.9 Å². The van der Waals surface area contributed by atoms with E-state index in [2.05, 4.69) is 10.2 Å². The Morgan fingerprint density at radius 1 is 1.43 bits per heavy atom. The summed E-state index contributed by atoms with van der Waals surface area (Å²) in [5, 5.41) is 12.8. The van der Waals surface area contributed by atoms with Crippen molar-refractivity contribution >= 4 is 0 Å². The number of aliphatic hydroxyl groups excluding tert-OH is 1. The van der Waals surface area contributed by atoms with Crippen LogP contribution in [0, 0.1) is 17.6 Å². The van der Waals surface area contributed by atoms with Crippen LogP contribution in [0.2, 0.25) is 0 Å². The molecule has 1 saturated heterocycles. The number of piperidine rings is 1. The van der Waals surface area contributed by atoms with E-state index in [1.165, 1.54) is 6.07 Å². The maximum atomic E-state index is 13.9. The molecule has 1 aromatic rings. The van der Waals surface area contributed by atoms with Crippen molar-refractivity contribution in [2.45, 2.75) is 31.9 Å². The van der Waals surface area contributed by atoms with E-state index in [4.69, 9.17) is 0 Å². The maximum Gasteiger partial charge on any atom is 0.163 e. The predicted octanol–water partition coefficient (Wildman–Crippen LogP) is 2.32. The van der Waals surface area contributed by atoms with Gasteiger partial charge in [0.25, 0.3) is 0 Å². The number of likely N-dealkylation sites (tertiary alicyclic amines) is 1. The van der Waals surface area contributed by atoms with E-state index in [-0.39, 0.29) is 18.1 Å². The fourth-order valence-corrected chi connectivity index (χ4v) is 2.98. The van der Waals surface area contributed by atoms with Crippen molar-refractivity contribution in [3.05, 3.63) is 35.4 Å². The molecule has 0 radical (unpaired) electrons. The Labute approximate surface area is 125 Å². The van der Waals surface area contributed by atoms with Crippen molar-refractivity contribution in [3.63, 3.8) is 0 Å². The average molecular weight is 298 g/mol. The van der Waals surface area contributed by atoms with E-state index in [0.717, 1.165) is 32.1 Å². The second-order valence-electron chi connectivity index (χ2n) is 5.91. The van der Waals surface area contributed by atoms with Gasteiger partial charge in [-0.1, -0.05) is 19.1 Å². The molecule has 1 fully saturated rings. The van der Waals surface area contributed by atoms with Crippen LogP contribution in [0.25, 0.3) is 0 Å². The van der Waals surface area contributed by atoms with E-state index >= 15 is 0 Å². The summed E-state index contributed by atoms with van der Waals surface area (Å²) in [6, 6.07) is 4.10. The molecular weight excluding hydrogens is 274 g/mol.